The van der Waals surface area contributed by atoms with Crippen LogP contribution in [0.15, 0.2) is 55.6 Å². The molecular formula is C30H25F3N2O4. The van der Waals surface area contributed by atoms with Gasteiger partial charge in [0.25, 0.3) is 22.2 Å². The van der Waals surface area contributed by atoms with Gasteiger partial charge in [0.15, 0.2) is 0 Å². The van der Waals surface area contributed by atoms with Crippen molar-refractivity contribution in [3.63, 3.8) is 0 Å². The van der Waals surface area contributed by atoms with Crippen LogP contribution in [-0.2, 0) is 7.05 Å². The van der Waals surface area contributed by atoms with E-state index in [4.69, 9.17) is 0 Å². The smallest absolute Gasteiger partial charge is 0.277 e. The van der Waals surface area contributed by atoms with Crippen molar-refractivity contribution in [3.8, 4) is 5.69 Å². The Bertz CT molecular complexity index is 1980. The molecular weight excluding hydrogens is 509 g/mol. The van der Waals surface area contributed by atoms with Gasteiger partial charge in [-0.3, -0.25) is 23.7 Å². The van der Waals surface area contributed by atoms with Gasteiger partial charge >= 0.3 is 6.18 Å². The number of rotatable bonds is 3. The van der Waals surface area contributed by atoms with E-state index < -0.39 is 34.3 Å². The highest BCUT2D eigenvalue weighted by Crippen LogP contribution is 2.44. The molecule has 5 aromatic rings. The van der Waals surface area contributed by atoms with Crippen LogP contribution in [0.1, 0.15) is 44.9 Å². The SMILES string of the molecule is Cc1cc(C)c(C(c2cc(C)c(-n3c(=O)c4cc5c(=O)n(C)c(=O)c5cc4c3=O)cc2C)C(F)(F)F)cc1C. The van der Waals surface area contributed by atoms with Gasteiger partial charge in [-0.15, -0.1) is 0 Å². The van der Waals surface area contributed by atoms with E-state index in [1.165, 1.54) is 38.2 Å². The largest absolute Gasteiger partial charge is 0.399 e. The van der Waals surface area contributed by atoms with E-state index in [0.717, 1.165) is 20.3 Å². The van der Waals surface area contributed by atoms with Crippen LogP contribution in [0.2, 0.25) is 0 Å². The normalized spacial score (nSPS) is 13.1. The summed E-state index contributed by atoms with van der Waals surface area (Å²) in [6, 6.07) is 8.58. The summed E-state index contributed by atoms with van der Waals surface area (Å²) in [6.45, 7) is 8.34. The minimum Gasteiger partial charge on any atom is -0.277 e. The molecule has 2 aromatic heterocycles. The first-order valence-electron chi connectivity index (χ1n) is 12.3. The fourth-order valence-electron chi connectivity index (χ4n) is 5.50. The number of nitrogens with zero attached hydrogens (tertiary/aromatic N) is 2. The van der Waals surface area contributed by atoms with Crippen molar-refractivity contribution in [1.82, 2.24) is 9.13 Å². The summed E-state index contributed by atoms with van der Waals surface area (Å²) in [5, 5.41) is -0.000864. The van der Waals surface area contributed by atoms with Gasteiger partial charge in [-0.05, 0) is 91.8 Å². The highest BCUT2D eigenvalue weighted by atomic mass is 19.4. The minimum absolute atomic E-state index is 0.0317. The van der Waals surface area contributed by atoms with Crippen molar-refractivity contribution in [3.05, 3.63) is 117 Å². The van der Waals surface area contributed by atoms with Gasteiger partial charge in [0.1, 0.15) is 5.92 Å². The van der Waals surface area contributed by atoms with Crippen molar-refractivity contribution in [2.24, 2.45) is 7.05 Å². The highest BCUT2D eigenvalue weighted by Gasteiger charge is 2.43. The maximum absolute atomic E-state index is 14.5. The fraction of sp³-hybridized carbons (Fsp3) is 0.267. The van der Waals surface area contributed by atoms with Crippen molar-refractivity contribution < 1.29 is 13.2 Å². The molecule has 39 heavy (non-hydrogen) atoms. The number of aryl methyl sites for hydroxylation is 5. The number of halogens is 3. The molecule has 0 spiro atoms. The van der Waals surface area contributed by atoms with Crippen LogP contribution in [0.25, 0.3) is 27.2 Å². The van der Waals surface area contributed by atoms with Crippen molar-refractivity contribution >= 4 is 21.5 Å². The van der Waals surface area contributed by atoms with Gasteiger partial charge in [-0.25, -0.2) is 4.57 Å². The van der Waals surface area contributed by atoms with Crippen LogP contribution in [0.5, 0.6) is 0 Å². The van der Waals surface area contributed by atoms with E-state index in [1.807, 2.05) is 6.92 Å². The first kappa shape index (κ1) is 26.3. The lowest BCUT2D eigenvalue weighted by Crippen LogP contribution is -2.26. The molecule has 0 amide bonds. The van der Waals surface area contributed by atoms with Crippen molar-refractivity contribution in [2.45, 2.75) is 46.7 Å². The van der Waals surface area contributed by atoms with E-state index in [9.17, 15) is 32.3 Å². The van der Waals surface area contributed by atoms with Gasteiger partial charge in [0, 0.05) is 7.05 Å². The zero-order chi connectivity index (χ0) is 28.7. The molecule has 6 nitrogen and oxygen atoms in total. The third-order valence-corrected chi connectivity index (χ3v) is 7.75. The second kappa shape index (κ2) is 8.62. The third kappa shape index (κ3) is 3.87. The summed E-state index contributed by atoms with van der Waals surface area (Å²) in [5.74, 6) is -1.90. The molecule has 0 bridgehead atoms. The summed E-state index contributed by atoms with van der Waals surface area (Å²) < 4.78 is 45.5. The second-order valence-corrected chi connectivity index (χ2v) is 10.3. The molecule has 1 unspecified atom stereocenters. The summed E-state index contributed by atoms with van der Waals surface area (Å²) in [7, 11) is 1.31. The Labute approximate surface area is 220 Å². The van der Waals surface area contributed by atoms with Crippen LogP contribution >= 0.6 is 0 Å². The Morgan fingerprint density at radius 1 is 0.564 bits per heavy atom. The second-order valence-electron chi connectivity index (χ2n) is 10.3. The lowest BCUT2D eigenvalue weighted by atomic mass is 9.83. The molecule has 0 aliphatic carbocycles. The molecule has 0 saturated heterocycles. The highest BCUT2D eigenvalue weighted by molar-refractivity contribution is 5.98. The van der Waals surface area contributed by atoms with E-state index in [0.29, 0.717) is 11.1 Å². The molecule has 0 saturated carbocycles. The van der Waals surface area contributed by atoms with Gasteiger partial charge in [0.2, 0.25) is 0 Å². The molecule has 3 aromatic carbocycles. The van der Waals surface area contributed by atoms with E-state index in [-0.39, 0.29) is 43.9 Å². The molecule has 9 heteroatoms. The average Bonchev–Trinajstić information content (AvgIpc) is 3.22. The number of hydrogen-bond acceptors (Lipinski definition) is 4. The fourth-order valence-corrected chi connectivity index (χ4v) is 5.50. The van der Waals surface area contributed by atoms with Crippen LogP contribution < -0.4 is 22.2 Å². The van der Waals surface area contributed by atoms with Gasteiger partial charge < -0.3 is 0 Å². The number of aromatic nitrogens is 2. The van der Waals surface area contributed by atoms with Gasteiger partial charge in [0.05, 0.1) is 27.2 Å². The van der Waals surface area contributed by atoms with Crippen LogP contribution in [-0.4, -0.2) is 15.3 Å². The standard InChI is InChI=1S/C30H25F3N2O4/c1-13-7-15(3)18(8-14(13)2)25(30(31,32)33)19-9-17(5)24(10-16(19)4)35-28(38)22-11-20-21(12-23(22)29(35)39)27(37)34(6)26(20)36/h7-12,25H,1-6H3. The Kier molecular flexibility index (Phi) is 5.82. The third-order valence-electron chi connectivity index (χ3n) is 7.75. The predicted molar refractivity (Wildman–Crippen MR) is 145 cm³/mol. The quantitative estimate of drug-likeness (QED) is 0.337. The van der Waals surface area contributed by atoms with Gasteiger partial charge in [-0.2, -0.15) is 13.2 Å². The molecule has 5 rings (SSSR count). The molecule has 0 N–H and O–H groups in total. The summed E-state index contributed by atoms with van der Waals surface area (Å²) >= 11 is 0. The first-order valence-corrected chi connectivity index (χ1v) is 12.3. The molecule has 0 aliphatic rings. The Morgan fingerprint density at radius 2 is 0.974 bits per heavy atom. The zero-order valence-electron chi connectivity index (χ0n) is 22.2. The predicted octanol–water partition coefficient (Wildman–Crippen LogP) is 4.67. The van der Waals surface area contributed by atoms with Crippen molar-refractivity contribution in [2.75, 3.05) is 0 Å². The molecule has 0 fully saturated rings. The van der Waals surface area contributed by atoms with Crippen molar-refractivity contribution in [1.29, 1.82) is 0 Å². The van der Waals surface area contributed by atoms with E-state index in [1.54, 1.807) is 32.9 Å². The zero-order valence-corrected chi connectivity index (χ0v) is 22.2. The number of alkyl halides is 3. The van der Waals surface area contributed by atoms with Crippen LogP contribution in [0.3, 0.4) is 0 Å². The topological polar surface area (TPSA) is 78.1 Å². The Morgan fingerprint density at radius 3 is 1.46 bits per heavy atom. The molecule has 1 atom stereocenters. The molecule has 2 heterocycles. The summed E-state index contributed by atoms with van der Waals surface area (Å²) in [4.78, 5) is 51.6. The Hall–Kier alpha value is -4.27. The molecule has 200 valence electrons. The molecule has 0 radical (unpaired) electrons. The monoisotopic (exact) mass is 534 g/mol. The van der Waals surface area contributed by atoms with E-state index >= 15 is 0 Å². The number of fused-ring (bicyclic) bond motifs is 2. The average molecular weight is 535 g/mol. The number of benzene rings is 3. The minimum atomic E-state index is -4.59. The van der Waals surface area contributed by atoms with E-state index in [2.05, 4.69) is 0 Å². The summed E-state index contributed by atoms with van der Waals surface area (Å²) in [5.41, 5.74) is 0.492. The lowest BCUT2D eigenvalue weighted by Gasteiger charge is -2.26. The van der Waals surface area contributed by atoms with Crippen LogP contribution in [0, 0.1) is 34.6 Å². The maximum atomic E-state index is 14.5. The van der Waals surface area contributed by atoms with Gasteiger partial charge in [-0.1, -0.05) is 18.2 Å². The molecule has 0 aliphatic heterocycles. The first-order chi connectivity index (χ1) is 18.1. The number of hydrogen-bond donors (Lipinski definition) is 0. The maximum Gasteiger partial charge on any atom is 0.399 e. The lowest BCUT2D eigenvalue weighted by molar-refractivity contribution is -0.141. The van der Waals surface area contributed by atoms with Crippen LogP contribution in [0.4, 0.5) is 13.2 Å². The Balaban J connectivity index is 1.75. The summed E-state index contributed by atoms with van der Waals surface area (Å²) in [6.07, 6.45) is -4.59.